The molecule has 0 bridgehead atoms. The van der Waals surface area contributed by atoms with Crippen molar-refractivity contribution in [2.24, 2.45) is 88.8 Å². The molecule has 7 N–H and O–H groups in total. The number of ketones is 3. The van der Waals surface area contributed by atoms with Crippen LogP contribution in [0.4, 0.5) is 0 Å². The third kappa shape index (κ3) is 49.4. The minimum Gasteiger partial charge on any atom is -0.461 e. The van der Waals surface area contributed by atoms with Crippen LogP contribution in [0.25, 0.3) is 0 Å². The Labute approximate surface area is 869 Å². The van der Waals surface area contributed by atoms with Crippen molar-refractivity contribution in [3.63, 3.8) is 0 Å². The first kappa shape index (κ1) is 123. The topological polar surface area (TPSA) is 570 Å². The Morgan fingerprint density at radius 2 is 0.588 bits per heavy atom. The second-order valence-corrected chi connectivity index (χ2v) is 40.6. The SMILES string of the molecule is CC(C)C[C@H](CC(=O)OCc1ccccn1)C(=O)N[C@H](C#N)C[C@@H]1CCCCC1=O.CC(C)C[C@H](CC(=O)OCc1ccccn1)C(=O)N[C@H](C#N)C[C@@H]1CCNC1=O.CC(C)C[C@H](CC(=O)OCc1cccnc1)C(=O)N[C@H](C#N)C[C@@H]1CCCCC1=O.CC(C)C[C@H](CC(=O)OCc1ccncc1)C(=O)N[C@H](C#N)C[C@@H]1CCCCC1=O.CC(C)C[C@H](CC(=O)OCc1ccncc1)C(=O)N[C@H](C#N)C[C@@H]1CCNC1=O. The Hall–Kier alpha value is -14.2. The molecule has 10 rings (SSSR count). The number of nitrogens with zero attached hydrogens (tertiary/aromatic N) is 10. The summed E-state index contributed by atoms with van der Waals surface area (Å²) in [6.45, 7) is 21.3. The Kier molecular flexibility index (Phi) is 56.6. The second-order valence-electron chi connectivity index (χ2n) is 40.6. The molecule has 37 heteroatoms. The molecule has 7 amide bonds. The number of ether oxygens (including phenoxy) is 5. The highest BCUT2D eigenvalue weighted by Crippen LogP contribution is 2.31. The van der Waals surface area contributed by atoms with Crippen molar-refractivity contribution < 1.29 is 95.6 Å². The highest BCUT2D eigenvalue weighted by atomic mass is 16.5. The maximum absolute atomic E-state index is 12.8. The van der Waals surface area contributed by atoms with E-state index in [0.29, 0.717) is 108 Å². The van der Waals surface area contributed by atoms with Gasteiger partial charge in [-0.3, -0.25) is 96.8 Å². The number of nitrogens with one attached hydrogen (secondary N) is 7. The molecule has 2 aliphatic heterocycles. The summed E-state index contributed by atoms with van der Waals surface area (Å²) >= 11 is 0. The maximum atomic E-state index is 12.8. The van der Waals surface area contributed by atoms with Crippen LogP contribution in [0.15, 0.2) is 122 Å². The lowest BCUT2D eigenvalue weighted by Crippen LogP contribution is -2.41. The molecule has 5 aliphatic rings. The van der Waals surface area contributed by atoms with Gasteiger partial charge in [0, 0.05) is 147 Å². The molecule has 5 aromatic heterocycles. The number of esters is 5. The van der Waals surface area contributed by atoms with E-state index in [4.69, 9.17) is 23.7 Å². The van der Waals surface area contributed by atoms with Gasteiger partial charge in [-0.1, -0.05) is 107 Å². The predicted octanol–water partition coefficient (Wildman–Crippen LogP) is 13.4. The summed E-state index contributed by atoms with van der Waals surface area (Å²) in [6, 6.07) is 28.0. The van der Waals surface area contributed by atoms with Gasteiger partial charge in [-0.25, -0.2) is 0 Å². The molecule has 5 aromatic rings. The van der Waals surface area contributed by atoms with Crippen LogP contribution in [0, 0.1) is 145 Å². The number of rotatable bonds is 50. The van der Waals surface area contributed by atoms with E-state index in [1.54, 1.807) is 110 Å². The number of amides is 7. The van der Waals surface area contributed by atoms with Crippen molar-refractivity contribution >= 4 is 88.5 Å². The summed E-state index contributed by atoms with van der Waals surface area (Å²) in [7, 11) is 0. The highest BCUT2D eigenvalue weighted by Gasteiger charge is 2.38. The predicted molar refractivity (Wildman–Crippen MR) is 542 cm³/mol. The molecule has 5 fully saturated rings. The van der Waals surface area contributed by atoms with Crippen LogP contribution in [-0.2, 0) is 129 Å². The fraction of sp³-hybridized carbons (Fsp3) is 0.595. The Bertz CT molecular complexity index is 4820. The first-order valence-corrected chi connectivity index (χ1v) is 51.8. The summed E-state index contributed by atoms with van der Waals surface area (Å²) in [5.74, 6) is -6.71. The van der Waals surface area contributed by atoms with Gasteiger partial charge in [0.1, 0.15) is 80.6 Å². The summed E-state index contributed by atoms with van der Waals surface area (Å²) in [4.78, 5) is 205. The smallest absolute Gasteiger partial charge is 0.306 e. The van der Waals surface area contributed by atoms with E-state index in [2.05, 4.69) is 92.5 Å². The van der Waals surface area contributed by atoms with Crippen molar-refractivity contribution in [3.05, 3.63) is 150 Å². The standard InChI is InChI=1S/3C23H31N3O4.2C21H28N4O4/c1-16(2)11-18(13-22(28)30-15-19-8-5-6-10-25-19)23(29)26-20(14-24)12-17-7-3-4-9-21(17)27;1-16(2)10-19(12-22(28)30-15-17-6-5-9-25-14-17)23(29)26-20(13-24)11-18-7-3-4-8-21(18)27;1-16(2)11-19(13-22(28)30-15-17-7-9-25-10-8-17)23(29)26-20(14-24)12-18-5-3-4-6-21(18)27;1-14(2)9-17(11-19(26)29-13-15-3-6-23-7-4-15)21(28)25-18(12-22)10-16-5-8-24-20(16)27;1-14(2)9-16(11-19(26)29-13-17-5-3-4-7-23-17)21(28)25-18(12-22)10-15-6-8-24-20(15)27/h5-6,8,10,16-18,20H,3-4,7,9,11-13,15H2,1-2H3,(H,26,29);5-6,9,14,16,18-20H,3-4,7-8,10-12,15H2,1-2H3,(H,26,29);7-10,16,18-20H,3-6,11-13,15H2,1-2H3,(H,26,29);3-4,6-7,14,16-18H,5,8-11,13H2,1-2H3,(H,24,27)(H,25,28);3-5,7,14-16,18H,6,8-11,13H2,1-2H3,(H,24,27)(H,25,28)/t17-,18+,20-;2*18-,19+,20-;16-,17+,18-;15-,16+,18-/m00000/s1. The molecule has 0 spiro atoms. The van der Waals surface area contributed by atoms with Gasteiger partial charge >= 0.3 is 29.8 Å². The van der Waals surface area contributed by atoms with Gasteiger partial charge in [-0.2, -0.15) is 26.3 Å². The van der Waals surface area contributed by atoms with Crippen LogP contribution in [-0.4, -0.2) is 157 Å². The maximum Gasteiger partial charge on any atom is 0.306 e. The van der Waals surface area contributed by atoms with Gasteiger partial charge in [0.2, 0.25) is 41.4 Å². The molecule has 148 heavy (non-hydrogen) atoms. The molecule has 37 nitrogen and oxygen atoms in total. The number of Topliss-reactive ketones (excluding diaryl/α,β-unsaturated/α-hetero) is 3. The Morgan fingerprint density at radius 3 is 0.818 bits per heavy atom. The van der Waals surface area contributed by atoms with E-state index < -0.39 is 89.6 Å². The largest absolute Gasteiger partial charge is 0.461 e. The Balaban J connectivity index is 0.000000282. The van der Waals surface area contributed by atoms with Crippen LogP contribution >= 0.6 is 0 Å². The molecule has 2 saturated heterocycles. The number of hydrogen-bond acceptors (Lipinski definition) is 30. The van der Waals surface area contributed by atoms with Crippen LogP contribution in [0.2, 0.25) is 0 Å². The second kappa shape index (κ2) is 68.3. The third-order valence-corrected chi connectivity index (χ3v) is 25.7. The summed E-state index contributed by atoms with van der Waals surface area (Å²) in [6.07, 6.45) is 27.6. The van der Waals surface area contributed by atoms with Crippen molar-refractivity contribution in [3.8, 4) is 30.3 Å². The van der Waals surface area contributed by atoms with Crippen molar-refractivity contribution in [1.29, 1.82) is 26.3 Å². The lowest BCUT2D eigenvalue weighted by Gasteiger charge is -2.24. The minimum atomic E-state index is -0.768. The van der Waals surface area contributed by atoms with Crippen LogP contribution in [0.3, 0.4) is 0 Å². The zero-order chi connectivity index (χ0) is 108. The van der Waals surface area contributed by atoms with Crippen molar-refractivity contribution in [1.82, 2.24) is 62.1 Å². The summed E-state index contributed by atoms with van der Waals surface area (Å²) in [5, 5.41) is 66.3. The molecule has 0 aromatic carbocycles. The average Bonchev–Trinajstić information content (AvgIpc) is 1.38. The molecule has 3 aliphatic carbocycles. The van der Waals surface area contributed by atoms with E-state index in [1.807, 2.05) is 81.4 Å². The van der Waals surface area contributed by atoms with E-state index in [9.17, 15) is 98.2 Å². The first-order chi connectivity index (χ1) is 70.9. The van der Waals surface area contributed by atoms with Gasteiger partial charge in [0.15, 0.2) is 0 Å². The Morgan fingerprint density at radius 1 is 0.318 bits per heavy atom. The number of carbonyl (C=O) groups is 15. The average molecular weight is 2040 g/mol. The lowest BCUT2D eigenvalue weighted by molar-refractivity contribution is -0.149. The van der Waals surface area contributed by atoms with Gasteiger partial charge in [0.25, 0.3) is 0 Å². The zero-order valence-corrected chi connectivity index (χ0v) is 87.2. The van der Waals surface area contributed by atoms with Crippen molar-refractivity contribution in [2.45, 2.75) is 319 Å². The van der Waals surface area contributed by atoms with Gasteiger partial charge in [-0.05, 0) is 211 Å². The molecule has 0 radical (unpaired) electrons. The number of pyridine rings is 5. The number of hydrogen-bond donors (Lipinski definition) is 7. The monoisotopic (exact) mass is 2040 g/mol. The van der Waals surface area contributed by atoms with E-state index in [0.717, 1.165) is 74.5 Å². The molecular formula is C111H149N17O20. The quantitative estimate of drug-likeness (QED) is 0.0140. The minimum absolute atomic E-state index is 0.0460. The first-order valence-electron chi connectivity index (χ1n) is 51.8. The van der Waals surface area contributed by atoms with E-state index in [-0.39, 0.29) is 196 Å². The number of carbonyl (C=O) groups excluding carboxylic acids is 15. The number of aromatic nitrogens is 5. The van der Waals surface area contributed by atoms with Crippen LogP contribution < -0.4 is 37.2 Å². The molecule has 7 heterocycles. The molecular weight excluding hydrogens is 1890 g/mol. The van der Waals surface area contributed by atoms with Gasteiger partial charge in [0.05, 0.1) is 73.8 Å². The fourth-order valence-electron chi connectivity index (χ4n) is 18.0. The molecule has 15 atom stereocenters. The van der Waals surface area contributed by atoms with Crippen molar-refractivity contribution in [2.75, 3.05) is 13.1 Å². The molecule has 0 unspecified atom stereocenters. The summed E-state index contributed by atoms with van der Waals surface area (Å²) < 4.78 is 26.4. The number of nitriles is 5. The lowest BCUT2D eigenvalue weighted by atomic mass is 9.83. The van der Waals surface area contributed by atoms with Crippen LogP contribution in [0.1, 0.15) is 284 Å². The molecule has 3 saturated carbocycles. The van der Waals surface area contributed by atoms with Gasteiger partial charge in [-0.15, -0.1) is 0 Å². The summed E-state index contributed by atoms with van der Waals surface area (Å²) in [5.41, 5.74) is 3.68. The van der Waals surface area contributed by atoms with Gasteiger partial charge < -0.3 is 60.9 Å². The third-order valence-electron chi connectivity index (χ3n) is 25.7. The molecule has 798 valence electrons. The van der Waals surface area contributed by atoms with Crippen LogP contribution in [0.5, 0.6) is 0 Å². The van der Waals surface area contributed by atoms with E-state index in [1.165, 1.54) is 0 Å². The van der Waals surface area contributed by atoms with E-state index >= 15 is 0 Å². The zero-order valence-electron chi connectivity index (χ0n) is 87.2. The fourth-order valence-corrected chi connectivity index (χ4v) is 18.0. The highest BCUT2D eigenvalue weighted by molar-refractivity contribution is 5.89. The normalized spacial score (nSPS) is 18.1.